The van der Waals surface area contributed by atoms with Gasteiger partial charge in [-0.15, -0.1) is 0 Å². The number of phenols is 2. The molecule has 0 saturated heterocycles. The number of nitrogens with two attached hydrogens (primary N) is 1. The Balaban J connectivity index is 2.10. The Morgan fingerprint density at radius 3 is 2.29 bits per heavy atom. The minimum absolute atomic E-state index is 0.0709. The molecule has 0 bridgehead atoms. The van der Waals surface area contributed by atoms with E-state index in [4.69, 9.17) is 5.73 Å². The molecule has 0 saturated carbocycles. The molecule has 1 aromatic heterocycles. The van der Waals surface area contributed by atoms with Gasteiger partial charge in [-0.2, -0.15) is 0 Å². The number of aromatic nitrogens is 1. The van der Waals surface area contributed by atoms with Crippen LogP contribution in [-0.4, -0.2) is 26.6 Å². The van der Waals surface area contributed by atoms with Crippen molar-refractivity contribution in [3.05, 3.63) is 53.1 Å². The van der Waals surface area contributed by atoms with Crippen molar-refractivity contribution < 1.29 is 19.8 Å². The minimum atomic E-state index is -0.522. The van der Waals surface area contributed by atoms with Crippen LogP contribution < -0.4 is 11.1 Å². The van der Waals surface area contributed by atoms with E-state index in [0.29, 0.717) is 57.1 Å². The lowest BCUT2D eigenvalue weighted by molar-refractivity contribution is 0.0880. The van der Waals surface area contributed by atoms with Crippen LogP contribution in [0.3, 0.4) is 0 Å². The standard InChI is InChI=1S/C24H21N3O4/c1-3-11-12(7-5-9-14(11)28)16-18-19(24(31)26-23(18)30)17-13-8-6-10-15(29)21(13)27(4-2)22(17)20(16)25/h5-10,28-29H,3-4,25H2,1-2H3,(H,26,30,31). The van der Waals surface area contributed by atoms with Crippen LogP contribution in [0, 0.1) is 0 Å². The van der Waals surface area contributed by atoms with E-state index in [1.54, 1.807) is 30.3 Å². The molecular weight excluding hydrogens is 394 g/mol. The van der Waals surface area contributed by atoms with Gasteiger partial charge in [0, 0.05) is 28.4 Å². The van der Waals surface area contributed by atoms with Crippen molar-refractivity contribution in [1.29, 1.82) is 0 Å². The number of para-hydroxylation sites is 1. The van der Waals surface area contributed by atoms with Gasteiger partial charge in [-0.05, 0) is 31.0 Å². The van der Waals surface area contributed by atoms with Gasteiger partial charge >= 0.3 is 0 Å². The number of hydrogen-bond donors (Lipinski definition) is 4. The number of nitrogens with zero attached hydrogens (tertiary/aromatic N) is 1. The molecule has 0 unspecified atom stereocenters. The monoisotopic (exact) mass is 415 g/mol. The molecule has 156 valence electrons. The van der Waals surface area contributed by atoms with Crippen LogP contribution in [0.15, 0.2) is 36.4 Å². The number of amides is 2. The Hall–Kier alpha value is -4.00. The van der Waals surface area contributed by atoms with Crippen molar-refractivity contribution in [2.45, 2.75) is 26.8 Å². The summed E-state index contributed by atoms with van der Waals surface area (Å²) < 4.78 is 1.86. The lowest BCUT2D eigenvalue weighted by Crippen LogP contribution is -2.20. The van der Waals surface area contributed by atoms with Gasteiger partial charge in [0.2, 0.25) is 0 Å². The zero-order valence-corrected chi connectivity index (χ0v) is 17.1. The first-order valence-corrected chi connectivity index (χ1v) is 10.2. The van der Waals surface area contributed by atoms with E-state index in [1.165, 1.54) is 0 Å². The molecule has 5 rings (SSSR count). The van der Waals surface area contributed by atoms with Crippen LogP contribution in [0.1, 0.15) is 40.1 Å². The molecule has 4 aromatic rings. The average Bonchev–Trinajstić information content (AvgIpc) is 3.23. The topological polar surface area (TPSA) is 118 Å². The summed E-state index contributed by atoms with van der Waals surface area (Å²) >= 11 is 0. The second-order valence-corrected chi connectivity index (χ2v) is 7.62. The Morgan fingerprint density at radius 1 is 0.903 bits per heavy atom. The summed E-state index contributed by atoms with van der Waals surface area (Å²) in [7, 11) is 0. The van der Waals surface area contributed by atoms with Crippen molar-refractivity contribution in [2.24, 2.45) is 0 Å². The molecule has 1 aliphatic rings. The maximum Gasteiger partial charge on any atom is 0.259 e. The number of aryl methyl sites for hydroxylation is 1. The number of hydrogen-bond acceptors (Lipinski definition) is 5. The number of anilines is 1. The second kappa shape index (κ2) is 6.50. The first-order chi connectivity index (χ1) is 14.9. The maximum absolute atomic E-state index is 12.9. The summed E-state index contributed by atoms with van der Waals surface area (Å²) in [6.07, 6.45) is 0.515. The molecule has 7 nitrogen and oxygen atoms in total. The van der Waals surface area contributed by atoms with E-state index in [1.807, 2.05) is 24.5 Å². The van der Waals surface area contributed by atoms with E-state index in [-0.39, 0.29) is 22.6 Å². The fraction of sp³-hybridized carbons (Fsp3) is 0.167. The molecule has 0 atom stereocenters. The Labute approximate surface area is 177 Å². The van der Waals surface area contributed by atoms with Gasteiger partial charge in [0.1, 0.15) is 11.5 Å². The summed E-state index contributed by atoms with van der Waals surface area (Å²) in [6, 6.07) is 10.2. The highest BCUT2D eigenvalue weighted by atomic mass is 16.3. The smallest absolute Gasteiger partial charge is 0.259 e. The highest BCUT2D eigenvalue weighted by Gasteiger charge is 2.37. The van der Waals surface area contributed by atoms with Crippen LogP contribution in [-0.2, 0) is 13.0 Å². The lowest BCUT2D eigenvalue weighted by Gasteiger charge is -2.17. The highest BCUT2D eigenvalue weighted by molar-refractivity contribution is 6.35. The van der Waals surface area contributed by atoms with Gasteiger partial charge in [0.25, 0.3) is 11.8 Å². The molecule has 0 spiro atoms. The van der Waals surface area contributed by atoms with Gasteiger partial charge in [-0.1, -0.05) is 31.2 Å². The number of carbonyl (C=O) groups excluding carboxylic acids is 2. The first-order valence-electron chi connectivity index (χ1n) is 10.2. The van der Waals surface area contributed by atoms with Crippen LogP contribution in [0.2, 0.25) is 0 Å². The first kappa shape index (κ1) is 19.0. The number of aromatic hydroxyl groups is 2. The summed E-state index contributed by atoms with van der Waals surface area (Å²) in [5, 5.41) is 24.6. The Morgan fingerprint density at radius 2 is 1.58 bits per heavy atom. The molecular formula is C24H21N3O4. The fourth-order valence-electron chi connectivity index (χ4n) is 4.89. The SMILES string of the molecule is CCc1c(O)cccc1-c1c2c(c3c4cccc(O)c4n(CC)c3c1N)C(=O)NC2=O. The van der Waals surface area contributed by atoms with E-state index >= 15 is 0 Å². The number of phenolic OH excluding ortho intramolecular Hbond substituents is 2. The molecule has 31 heavy (non-hydrogen) atoms. The number of imide groups is 1. The molecule has 1 aliphatic heterocycles. The number of rotatable bonds is 3. The average molecular weight is 415 g/mol. The molecule has 7 heteroatoms. The Kier molecular flexibility index (Phi) is 3.98. The van der Waals surface area contributed by atoms with Crippen molar-refractivity contribution in [1.82, 2.24) is 9.88 Å². The number of nitrogen functional groups attached to an aromatic ring is 1. The van der Waals surface area contributed by atoms with Crippen LogP contribution in [0.5, 0.6) is 11.5 Å². The molecule has 2 amide bonds. The van der Waals surface area contributed by atoms with Gasteiger partial charge in [0.15, 0.2) is 0 Å². The minimum Gasteiger partial charge on any atom is -0.508 e. The molecule has 0 radical (unpaired) electrons. The molecule has 3 aromatic carbocycles. The van der Waals surface area contributed by atoms with Gasteiger partial charge in [-0.3, -0.25) is 14.9 Å². The number of benzene rings is 3. The normalized spacial score (nSPS) is 13.2. The summed E-state index contributed by atoms with van der Waals surface area (Å²) in [5.41, 5.74) is 10.3. The largest absolute Gasteiger partial charge is 0.508 e. The predicted octanol–water partition coefficient (Wildman–Crippen LogP) is 3.92. The van der Waals surface area contributed by atoms with E-state index in [0.717, 1.165) is 0 Å². The zero-order chi connectivity index (χ0) is 22.0. The van der Waals surface area contributed by atoms with Crippen molar-refractivity contribution in [2.75, 3.05) is 5.73 Å². The molecule has 0 fully saturated rings. The number of nitrogens with one attached hydrogen (secondary N) is 1. The van der Waals surface area contributed by atoms with Crippen LogP contribution in [0.4, 0.5) is 5.69 Å². The van der Waals surface area contributed by atoms with Crippen LogP contribution >= 0.6 is 0 Å². The molecule has 0 aliphatic carbocycles. The predicted molar refractivity (Wildman–Crippen MR) is 119 cm³/mol. The van der Waals surface area contributed by atoms with E-state index < -0.39 is 11.8 Å². The van der Waals surface area contributed by atoms with Gasteiger partial charge in [-0.25, -0.2) is 0 Å². The molecule has 2 heterocycles. The summed E-state index contributed by atoms with van der Waals surface area (Å²) in [6.45, 7) is 4.32. The third-order valence-electron chi connectivity index (χ3n) is 6.11. The zero-order valence-electron chi connectivity index (χ0n) is 17.1. The lowest BCUT2D eigenvalue weighted by atomic mass is 9.88. The number of carbonyl (C=O) groups is 2. The Bertz CT molecular complexity index is 1450. The van der Waals surface area contributed by atoms with E-state index in [9.17, 15) is 19.8 Å². The number of fused-ring (bicyclic) bond motifs is 5. The highest BCUT2D eigenvalue weighted by Crippen LogP contribution is 2.47. The second-order valence-electron chi connectivity index (χ2n) is 7.62. The van der Waals surface area contributed by atoms with Crippen LogP contribution in [0.25, 0.3) is 32.9 Å². The fourth-order valence-corrected chi connectivity index (χ4v) is 4.89. The summed E-state index contributed by atoms with van der Waals surface area (Å²) in [4.78, 5) is 25.9. The van der Waals surface area contributed by atoms with E-state index in [2.05, 4.69) is 5.32 Å². The quantitative estimate of drug-likeness (QED) is 0.299. The van der Waals surface area contributed by atoms with Crippen molar-refractivity contribution >= 4 is 39.3 Å². The van der Waals surface area contributed by atoms with Crippen molar-refractivity contribution in [3.63, 3.8) is 0 Å². The maximum atomic E-state index is 12.9. The third kappa shape index (κ3) is 2.34. The third-order valence-corrected chi connectivity index (χ3v) is 6.11. The molecule has 5 N–H and O–H groups in total. The van der Waals surface area contributed by atoms with Gasteiger partial charge < -0.3 is 20.5 Å². The van der Waals surface area contributed by atoms with Gasteiger partial charge in [0.05, 0.1) is 27.8 Å². The summed E-state index contributed by atoms with van der Waals surface area (Å²) in [5.74, 6) is -0.845. The van der Waals surface area contributed by atoms with Crippen molar-refractivity contribution in [3.8, 4) is 22.6 Å².